The molecule has 0 fully saturated rings. The van der Waals surface area contributed by atoms with Crippen LogP contribution in [0.3, 0.4) is 0 Å². The highest BCUT2D eigenvalue weighted by Gasteiger charge is 2.19. The molecule has 0 radical (unpaired) electrons. The third kappa shape index (κ3) is 2.28. The van der Waals surface area contributed by atoms with E-state index < -0.39 is 0 Å². The molecule has 0 unspecified atom stereocenters. The smallest absolute Gasteiger partial charge is 0.117 e. The van der Waals surface area contributed by atoms with Gasteiger partial charge in [0.1, 0.15) is 5.75 Å². The second-order valence-electron chi connectivity index (χ2n) is 5.90. The quantitative estimate of drug-likeness (QED) is 0.515. The second-order valence-corrected chi connectivity index (χ2v) is 5.90. The Morgan fingerprint density at radius 2 is 1.42 bits per heavy atom. The van der Waals surface area contributed by atoms with Crippen molar-refractivity contribution in [2.75, 3.05) is 0 Å². The molecule has 0 aliphatic rings. The molecule has 0 bridgehead atoms. The topological polar surface area (TPSA) is 25.2 Å². The molecule has 0 aliphatic carbocycles. The fourth-order valence-corrected chi connectivity index (χ4v) is 3.46. The lowest BCUT2D eigenvalue weighted by molar-refractivity contribution is 0.476. The summed E-state index contributed by atoms with van der Waals surface area (Å²) in [5.41, 5.74) is 5.87. The summed E-state index contributed by atoms with van der Waals surface area (Å²) in [5, 5.41) is 11.1. The number of hydrogen-bond donors (Lipinski definition) is 1. The molecule has 3 aromatic carbocycles. The zero-order chi connectivity index (χ0) is 16.5. The molecule has 1 N–H and O–H groups in total. The zero-order valence-electron chi connectivity index (χ0n) is 13.6. The van der Waals surface area contributed by atoms with Gasteiger partial charge in [0.25, 0.3) is 0 Å². The van der Waals surface area contributed by atoms with Crippen LogP contribution in [0, 0.1) is 0 Å². The Hall–Kier alpha value is -3.00. The van der Waals surface area contributed by atoms with Gasteiger partial charge in [-0.3, -0.25) is 0 Å². The Morgan fingerprint density at radius 1 is 0.792 bits per heavy atom. The number of phenols is 1. The van der Waals surface area contributed by atoms with Crippen LogP contribution in [0.1, 0.15) is 6.92 Å². The van der Waals surface area contributed by atoms with Gasteiger partial charge in [-0.05, 0) is 30.2 Å². The average molecular weight is 313 g/mol. The lowest BCUT2D eigenvalue weighted by Crippen LogP contribution is -1.97. The van der Waals surface area contributed by atoms with E-state index in [9.17, 15) is 5.11 Å². The highest BCUT2D eigenvalue weighted by atomic mass is 16.3. The monoisotopic (exact) mass is 313 g/mol. The maximum absolute atomic E-state index is 9.98. The Labute approximate surface area is 141 Å². The first-order chi connectivity index (χ1) is 11.8. The summed E-state index contributed by atoms with van der Waals surface area (Å²) in [6.45, 7) is 2.99. The molecule has 0 atom stereocenters. The molecule has 2 heteroatoms. The molecule has 0 amide bonds. The van der Waals surface area contributed by atoms with E-state index in [0.717, 1.165) is 12.1 Å². The summed E-state index contributed by atoms with van der Waals surface area (Å²) < 4.78 is 2.28. The molecule has 0 aliphatic heterocycles. The summed E-state index contributed by atoms with van der Waals surface area (Å²) >= 11 is 0. The number of phenolic OH excluding ortho intramolecular Hbond substituents is 1. The zero-order valence-corrected chi connectivity index (χ0v) is 13.6. The van der Waals surface area contributed by atoms with Crippen molar-refractivity contribution in [3.05, 3.63) is 78.9 Å². The van der Waals surface area contributed by atoms with Crippen LogP contribution in [0.2, 0.25) is 0 Å². The SMILES string of the molecule is CCn1c(-c2ccccc2)c(-c2ccccc2)c2ccc(O)cc21. The molecule has 2 nitrogen and oxygen atoms in total. The number of aryl methyl sites for hydroxylation is 1. The van der Waals surface area contributed by atoms with Crippen molar-refractivity contribution in [1.82, 2.24) is 4.57 Å². The Bertz CT molecular complexity index is 985. The van der Waals surface area contributed by atoms with E-state index in [-0.39, 0.29) is 0 Å². The molecular formula is C22H19NO. The normalized spacial score (nSPS) is 11.0. The molecule has 4 aromatic rings. The minimum absolute atomic E-state index is 0.300. The first-order valence-electron chi connectivity index (χ1n) is 8.25. The van der Waals surface area contributed by atoms with E-state index in [1.807, 2.05) is 24.3 Å². The van der Waals surface area contributed by atoms with Gasteiger partial charge in [0.2, 0.25) is 0 Å². The largest absolute Gasteiger partial charge is 0.508 e. The number of fused-ring (bicyclic) bond motifs is 1. The van der Waals surface area contributed by atoms with E-state index in [2.05, 4.69) is 60.0 Å². The molecule has 1 heterocycles. The third-order valence-corrected chi connectivity index (χ3v) is 4.47. The van der Waals surface area contributed by atoms with Crippen LogP contribution >= 0.6 is 0 Å². The summed E-state index contributed by atoms with van der Waals surface area (Å²) in [5.74, 6) is 0.300. The number of benzene rings is 3. The van der Waals surface area contributed by atoms with Gasteiger partial charge < -0.3 is 9.67 Å². The van der Waals surface area contributed by atoms with E-state index in [4.69, 9.17) is 0 Å². The van der Waals surface area contributed by atoms with Crippen LogP contribution < -0.4 is 0 Å². The van der Waals surface area contributed by atoms with E-state index in [1.165, 1.54) is 27.8 Å². The van der Waals surface area contributed by atoms with Crippen LogP contribution in [0.4, 0.5) is 0 Å². The predicted octanol–water partition coefficient (Wildman–Crippen LogP) is 5.70. The standard InChI is InChI=1S/C22H19NO/c1-2-23-20-15-18(24)13-14-19(20)21(16-9-5-3-6-10-16)22(23)17-11-7-4-8-12-17/h3-15,24H,2H2,1H3. The first-order valence-corrected chi connectivity index (χ1v) is 8.25. The van der Waals surface area contributed by atoms with Crippen LogP contribution in [-0.2, 0) is 6.54 Å². The Morgan fingerprint density at radius 3 is 2.04 bits per heavy atom. The van der Waals surface area contributed by atoms with Crippen molar-refractivity contribution in [3.8, 4) is 28.1 Å². The average Bonchev–Trinajstić information content (AvgIpc) is 2.96. The highest BCUT2D eigenvalue weighted by Crippen LogP contribution is 2.41. The van der Waals surface area contributed by atoms with Gasteiger partial charge >= 0.3 is 0 Å². The van der Waals surface area contributed by atoms with Crippen molar-refractivity contribution in [2.45, 2.75) is 13.5 Å². The molecule has 0 saturated heterocycles. The van der Waals surface area contributed by atoms with E-state index >= 15 is 0 Å². The van der Waals surface area contributed by atoms with Crippen LogP contribution in [0.25, 0.3) is 33.3 Å². The van der Waals surface area contributed by atoms with Crippen LogP contribution in [0.15, 0.2) is 78.9 Å². The van der Waals surface area contributed by atoms with Gasteiger partial charge in [-0.1, -0.05) is 60.7 Å². The Balaban J connectivity index is 2.16. The highest BCUT2D eigenvalue weighted by molar-refractivity contribution is 6.05. The summed E-state index contributed by atoms with van der Waals surface area (Å²) in [6, 6.07) is 26.6. The van der Waals surface area contributed by atoms with Crippen molar-refractivity contribution in [2.24, 2.45) is 0 Å². The molecule has 0 spiro atoms. The third-order valence-electron chi connectivity index (χ3n) is 4.47. The van der Waals surface area contributed by atoms with Gasteiger partial charge in [-0.15, -0.1) is 0 Å². The number of aromatic hydroxyl groups is 1. The van der Waals surface area contributed by atoms with Gasteiger partial charge in [0.15, 0.2) is 0 Å². The molecule has 118 valence electrons. The lowest BCUT2D eigenvalue weighted by Gasteiger charge is -2.11. The first kappa shape index (κ1) is 14.6. The van der Waals surface area contributed by atoms with Crippen LogP contribution in [0.5, 0.6) is 5.75 Å². The van der Waals surface area contributed by atoms with Gasteiger partial charge in [0, 0.05) is 23.6 Å². The summed E-state index contributed by atoms with van der Waals surface area (Å²) in [4.78, 5) is 0. The van der Waals surface area contributed by atoms with E-state index in [0.29, 0.717) is 5.75 Å². The number of aromatic nitrogens is 1. The van der Waals surface area contributed by atoms with Crippen molar-refractivity contribution in [3.63, 3.8) is 0 Å². The molecule has 24 heavy (non-hydrogen) atoms. The molecule has 4 rings (SSSR count). The minimum atomic E-state index is 0.300. The number of rotatable bonds is 3. The Kier molecular flexibility index (Phi) is 3.58. The number of hydrogen-bond acceptors (Lipinski definition) is 1. The number of nitrogens with zero attached hydrogens (tertiary/aromatic N) is 1. The van der Waals surface area contributed by atoms with Crippen molar-refractivity contribution < 1.29 is 5.11 Å². The summed E-state index contributed by atoms with van der Waals surface area (Å²) in [7, 11) is 0. The fraction of sp³-hybridized carbons (Fsp3) is 0.0909. The van der Waals surface area contributed by atoms with Gasteiger partial charge in [-0.25, -0.2) is 0 Å². The predicted molar refractivity (Wildman–Crippen MR) is 100 cm³/mol. The fourth-order valence-electron chi connectivity index (χ4n) is 3.46. The maximum Gasteiger partial charge on any atom is 0.117 e. The molecular weight excluding hydrogens is 294 g/mol. The molecule has 0 saturated carbocycles. The van der Waals surface area contributed by atoms with Crippen molar-refractivity contribution >= 4 is 10.9 Å². The second kappa shape index (κ2) is 5.89. The van der Waals surface area contributed by atoms with Gasteiger partial charge in [-0.2, -0.15) is 0 Å². The van der Waals surface area contributed by atoms with Gasteiger partial charge in [0.05, 0.1) is 11.2 Å². The van der Waals surface area contributed by atoms with Crippen molar-refractivity contribution in [1.29, 1.82) is 0 Å². The summed E-state index contributed by atoms with van der Waals surface area (Å²) in [6.07, 6.45) is 0. The minimum Gasteiger partial charge on any atom is -0.508 e. The maximum atomic E-state index is 9.98. The molecule has 1 aromatic heterocycles. The van der Waals surface area contributed by atoms with Crippen LogP contribution in [-0.4, -0.2) is 9.67 Å². The van der Waals surface area contributed by atoms with E-state index in [1.54, 1.807) is 6.07 Å². The lowest BCUT2D eigenvalue weighted by atomic mass is 9.98.